The highest BCUT2D eigenvalue weighted by atomic mass is 19.3. The quantitative estimate of drug-likeness (QED) is 0.576. The van der Waals surface area contributed by atoms with Crippen LogP contribution in [0.15, 0.2) is 0 Å². The van der Waals surface area contributed by atoms with Crippen molar-refractivity contribution in [3.05, 3.63) is 0 Å². The molecule has 0 aromatic rings. The van der Waals surface area contributed by atoms with Gasteiger partial charge < -0.3 is 4.90 Å². The van der Waals surface area contributed by atoms with Crippen LogP contribution in [0.25, 0.3) is 0 Å². The van der Waals surface area contributed by atoms with Gasteiger partial charge in [0, 0.05) is 18.4 Å². The van der Waals surface area contributed by atoms with Crippen LogP contribution in [0.2, 0.25) is 0 Å². The maximum atomic E-state index is 12.5. The first kappa shape index (κ1) is 7.92. The van der Waals surface area contributed by atoms with Crippen LogP contribution in [0.4, 0.5) is 8.78 Å². The molecule has 60 valence electrons. The van der Waals surface area contributed by atoms with Gasteiger partial charge in [0.05, 0.1) is 0 Å². The molecule has 0 heterocycles. The van der Waals surface area contributed by atoms with E-state index >= 15 is 0 Å². The predicted octanol–water partition coefficient (Wildman–Crippen LogP) is 1.59. The lowest BCUT2D eigenvalue weighted by atomic mass is 10.1. The topological polar surface area (TPSA) is 3.24 Å². The molecule has 0 amide bonds. The van der Waals surface area contributed by atoms with Gasteiger partial charge in [-0.1, -0.05) is 6.92 Å². The standard InChI is InChI=1S/C7H13F2N/c1-6(5-10(2)3)4-7(6,8)9/h4-5H2,1-3H3/t6-/m1/s1. The zero-order chi connectivity index (χ0) is 7.99. The molecule has 1 aliphatic carbocycles. The molecule has 1 saturated carbocycles. The van der Waals surface area contributed by atoms with E-state index in [1.54, 1.807) is 11.8 Å². The fraction of sp³-hybridized carbons (Fsp3) is 1.00. The SMILES string of the molecule is CN(C)C[C@@]1(C)CC1(F)F. The zero-order valence-electron chi connectivity index (χ0n) is 6.62. The molecule has 0 aromatic heterocycles. The van der Waals surface area contributed by atoms with Crippen LogP contribution in [0.3, 0.4) is 0 Å². The molecule has 0 saturated heterocycles. The van der Waals surface area contributed by atoms with Crippen molar-refractivity contribution in [3.8, 4) is 0 Å². The highest BCUT2D eigenvalue weighted by molar-refractivity contribution is 5.08. The summed E-state index contributed by atoms with van der Waals surface area (Å²) in [6.45, 7) is 2.12. The Kier molecular flexibility index (Phi) is 1.51. The Balaban J connectivity index is 2.44. The minimum absolute atomic E-state index is 0.0537. The Morgan fingerprint density at radius 2 is 1.80 bits per heavy atom. The van der Waals surface area contributed by atoms with E-state index in [1.165, 1.54) is 0 Å². The smallest absolute Gasteiger partial charge is 0.255 e. The van der Waals surface area contributed by atoms with Gasteiger partial charge in [-0.15, -0.1) is 0 Å². The van der Waals surface area contributed by atoms with Crippen molar-refractivity contribution < 1.29 is 8.78 Å². The van der Waals surface area contributed by atoms with Crippen molar-refractivity contribution >= 4 is 0 Å². The van der Waals surface area contributed by atoms with Gasteiger partial charge in [-0.2, -0.15) is 0 Å². The Labute approximate surface area is 60.0 Å². The van der Waals surface area contributed by atoms with Crippen molar-refractivity contribution in [1.82, 2.24) is 4.90 Å². The minimum atomic E-state index is -2.41. The number of halogens is 2. The van der Waals surface area contributed by atoms with Crippen LogP contribution >= 0.6 is 0 Å². The number of alkyl halides is 2. The largest absolute Gasteiger partial charge is 0.309 e. The lowest BCUT2D eigenvalue weighted by Crippen LogP contribution is -2.24. The first-order valence-electron chi connectivity index (χ1n) is 3.40. The highest BCUT2D eigenvalue weighted by Gasteiger charge is 2.67. The Hall–Kier alpha value is -0.180. The molecule has 0 spiro atoms. The van der Waals surface area contributed by atoms with Gasteiger partial charge in [0.15, 0.2) is 0 Å². The second-order valence-electron chi connectivity index (χ2n) is 3.68. The summed E-state index contributed by atoms with van der Waals surface area (Å²) in [7, 11) is 3.64. The number of hydrogen-bond acceptors (Lipinski definition) is 1. The molecule has 0 unspecified atom stereocenters. The molecule has 10 heavy (non-hydrogen) atoms. The van der Waals surface area contributed by atoms with Crippen molar-refractivity contribution in [3.63, 3.8) is 0 Å². The Bertz CT molecular complexity index is 145. The molecule has 1 aliphatic rings. The van der Waals surface area contributed by atoms with E-state index in [-0.39, 0.29) is 6.42 Å². The average molecular weight is 149 g/mol. The second-order valence-corrected chi connectivity index (χ2v) is 3.68. The van der Waals surface area contributed by atoms with Crippen LogP contribution < -0.4 is 0 Å². The van der Waals surface area contributed by atoms with Gasteiger partial charge in [0.25, 0.3) is 5.92 Å². The predicted molar refractivity (Wildman–Crippen MR) is 36.2 cm³/mol. The molecule has 0 aliphatic heterocycles. The normalized spacial score (nSPS) is 36.6. The summed E-state index contributed by atoms with van der Waals surface area (Å²) in [6, 6.07) is 0. The molecular weight excluding hydrogens is 136 g/mol. The van der Waals surface area contributed by atoms with Crippen LogP contribution in [0, 0.1) is 5.41 Å². The summed E-state index contributed by atoms with van der Waals surface area (Å²) in [4.78, 5) is 1.81. The molecule has 0 aromatic carbocycles. The van der Waals surface area contributed by atoms with E-state index < -0.39 is 11.3 Å². The Morgan fingerprint density at radius 1 is 1.40 bits per heavy atom. The molecule has 1 atom stereocenters. The first-order chi connectivity index (χ1) is 4.37. The minimum Gasteiger partial charge on any atom is -0.309 e. The van der Waals surface area contributed by atoms with E-state index in [1.807, 2.05) is 14.1 Å². The summed E-state index contributed by atoms with van der Waals surface area (Å²) < 4.78 is 25.0. The number of hydrogen-bond donors (Lipinski definition) is 0. The molecule has 0 bridgehead atoms. The molecule has 1 fully saturated rings. The van der Waals surface area contributed by atoms with E-state index in [0.29, 0.717) is 6.54 Å². The summed E-state index contributed by atoms with van der Waals surface area (Å²) in [5, 5.41) is 0. The van der Waals surface area contributed by atoms with E-state index in [9.17, 15) is 8.78 Å². The van der Waals surface area contributed by atoms with Crippen LogP contribution in [0.1, 0.15) is 13.3 Å². The van der Waals surface area contributed by atoms with Crippen molar-refractivity contribution in [2.75, 3.05) is 20.6 Å². The van der Waals surface area contributed by atoms with Gasteiger partial charge >= 0.3 is 0 Å². The number of nitrogens with zero attached hydrogens (tertiary/aromatic N) is 1. The van der Waals surface area contributed by atoms with Crippen molar-refractivity contribution in [2.45, 2.75) is 19.3 Å². The summed E-state index contributed by atoms with van der Waals surface area (Å²) >= 11 is 0. The van der Waals surface area contributed by atoms with E-state index in [2.05, 4.69) is 0 Å². The third kappa shape index (κ3) is 1.15. The van der Waals surface area contributed by atoms with Crippen molar-refractivity contribution in [1.29, 1.82) is 0 Å². The highest BCUT2D eigenvalue weighted by Crippen LogP contribution is 2.60. The third-order valence-electron chi connectivity index (χ3n) is 2.04. The zero-order valence-corrected chi connectivity index (χ0v) is 6.62. The summed E-state index contributed by atoms with van der Waals surface area (Å²) in [6.07, 6.45) is 0.0537. The molecule has 0 N–H and O–H groups in total. The lowest BCUT2D eigenvalue weighted by molar-refractivity contribution is 0.0599. The third-order valence-corrected chi connectivity index (χ3v) is 2.04. The van der Waals surface area contributed by atoms with Crippen LogP contribution in [-0.2, 0) is 0 Å². The maximum absolute atomic E-state index is 12.5. The molecule has 1 nitrogen and oxygen atoms in total. The summed E-state index contributed by atoms with van der Waals surface area (Å²) in [5.74, 6) is -2.41. The van der Waals surface area contributed by atoms with Gasteiger partial charge in [-0.25, -0.2) is 8.78 Å². The monoisotopic (exact) mass is 149 g/mol. The van der Waals surface area contributed by atoms with Crippen molar-refractivity contribution in [2.24, 2.45) is 5.41 Å². The fourth-order valence-electron chi connectivity index (χ4n) is 1.32. The summed E-state index contributed by atoms with van der Waals surface area (Å²) in [5.41, 5.74) is -0.740. The number of rotatable bonds is 2. The molecular formula is C7H13F2N. The fourth-order valence-corrected chi connectivity index (χ4v) is 1.32. The van der Waals surface area contributed by atoms with Gasteiger partial charge in [0.1, 0.15) is 0 Å². The van der Waals surface area contributed by atoms with E-state index in [4.69, 9.17) is 0 Å². The molecule has 3 heteroatoms. The first-order valence-corrected chi connectivity index (χ1v) is 3.40. The Morgan fingerprint density at radius 3 is 1.90 bits per heavy atom. The van der Waals surface area contributed by atoms with Gasteiger partial charge in [0.2, 0.25) is 0 Å². The van der Waals surface area contributed by atoms with Crippen LogP contribution in [0.5, 0.6) is 0 Å². The maximum Gasteiger partial charge on any atom is 0.255 e. The van der Waals surface area contributed by atoms with E-state index in [0.717, 1.165) is 0 Å². The second kappa shape index (κ2) is 1.91. The van der Waals surface area contributed by atoms with Crippen LogP contribution in [-0.4, -0.2) is 31.5 Å². The molecule has 0 radical (unpaired) electrons. The molecule has 1 rings (SSSR count). The van der Waals surface area contributed by atoms with Gasteiger partial charge in [-0.05, 0) is 14.1 Å². The lowest BCUT2D eigenvalue weighted by Gasteiger charge is -2.15. The van der Waals surface area contributed by atoms with Gasteiger partial charge in [-0.3, -0.25) is 0 Å². The average Bonchev–Trinajstić information content (AvgIpc) is 2.01.